The Hall–Kier alpha value is -2.95. The van der Waals surface area contributed by atoms with E-state index in [2.05, 4.69) is 10.3 Å². The maximum absolute atomic E-state index is 13.5. The fourth-order valence-electron chi connectivity index (χ4n) is 2.42. The highest BCUT2D eigenvalue weighted by Gasteiger charge is 2.07. The Kier molecular flexibility index (Phi) is 5.01. The number of para-hydroxylation sites is 1. The average molecular weight is 324 g/mol. The van der Waals surface area contributed by atoms with Gasteiger partial charge in [-0.3, -0.25) is 9.78 Å². The molecule has 0 bridgehead atoms. The molecule has 122 valence electrons. The van der Waals surface area contributed by atoms with Gasteiger partial charge in [0.2, 0.25) is 5.91 Å². The number of ether oxygens (including phenoxy) is 1. The van der Waals surface area contributed by atoms with E-state index in [-0.39, 0.29) is 18.1 Å². The number of nitrogens with zero attached hydrogens (tertiary/aromatic N) is 1. The molecule has 0 aliphatic carbocycles. The summed E-state index contributed by atoms with van der Waals surface area (Å²) in [6, 6.07) is 15.8. The summed E-state index contributed by atoms with van der Waals surface area (Å²) in [7, 11) is 0. The van der Waals surface area contributed by atoms with Crippen LogP contribution in [0.2, 0.25) is 0 Å². The Labute approximate surface area is 139 Å². The zero-order valence-electron chi connectivity index (χ0n) is 13.0. The second-order valence-electron chi connectivity index (χ2n) is 5.30. The maximum atomic E-state index is 13.5. The summed E-state index contributed by atoms with van der Waals surface area (Å²) < 4.78 is 19.2. The second-order valence-corrected chi connectivity index (χ2v) is 5.30. The number of nitrogens with one attached hydrogen (secondary N) is 1. The molecule has 1 N–H and O–H groups in total. The molecule has 0 radical (unpaired) electrons. The molecule has 2 aromatic carbocycles. The van der Waals surface area contributed by atoms with E-state index < -0.39 is 0 Å². The van der Waals surface area contributed by atoms with Gasteiger partial charge in [0.25, 0.3) is 0 Å². The lowest BCUT2D eigenvalue weighted by atomic mass is 10.1. The van der Waals surface area contributed by atoms with E-state index >= 15 is 0 Å². The SMILES string of the molecule is O=C(Cc1ccccc1F)NCCOc1cccc2cccnc12. The number of aromatic nitrogens is 1. The zero-order valence-corrected chi connectivity index (χ0v) is 13.0. The summed E-state index contributed by atoms with van der Waals surface area (Å²) in [5.74, 6) is 0.0712. The van der Waals surface area contributed by atoms with Gasteiger partial charge in [0, 0.05) is 11.6 Å². The van der Waals surface area contributed by atoms with Crippen LogP contribution in [0.1, 0.15) is 5.56 Å². The van der Waals surface area contributed by atoms with Gasteiger partial charge in [-0.2, -0.15) is 0 Å². The van der Waals surface area contributed by atoms with Crippen molar-refractivity contribution in [2.24, 2.45) is 0 Å². The summed E-state index contributed by atoms with van der Waals surface area (Å²) in [6.45, 7) is 0.662. The number of carbonyl (C=O) groups is 1. The Morgan fingerprint density at radius 1 is 1.08 bits per heavy atom. The molecule has 0 spiro atoms. The van der Waals surface area contributed by atoms with Crippen LogP contribution in [0.4, 0.5) is 4.39 Å². The highest BCUT2D eigenvalue weighted by Crippen LogP contribution is 2.22. The average Bonchev–Trinajstić information content (AvgIpc) is 2.61. The standard InChI is InChI=1S/C19H17FN2O2/c20-16-8-2-1-5-15(16)13-18(23)21-11-12-24-17-9-3-6-14-7-4-10-22-19(14)17/h1-10H,11-13H2,(H,21,23). The first kappa shape index (κ1) is 15.9. The predicted octanol–water partition coefficient (Wildman–Crippen LogP) is 3.11. The van der Waals surface area contributed by atoms with Crippen molar-refractivity contribution in [2.45, 2.75) is 6.42 Å². The molecule has 3 aromatic rings. The number of rotatable bonds is 6. The van der Waals surface area contributed by atoms with Gasteiger partial charge in [-0.1, -0.05) is 36.4 Å². The van der Waals surface area contributed by atoms with Crippen LogP contribution >= 0.6 is 0 Å². The first-order valence-electron chi connectivity index (χ1n) is 7.71. The number of hydrogen-bond donors (Lipinski definition) is 1. The minimum atomic E-state index is -0.370. The highest BCUT2D eigenvalue weighted by atomic mass is 19.1. The molecule has 0 fully saturated rings. The first-order valence-corrected chi connectivity index (χ1v) is 7.71. The number of benzene rings is 2. The molecular formula is C19H17FN2O2. The first-order chi connectivity index (χ1) is 11.7. The van der Waals surface area contributed by atoms with Crippen LogP contribution in [-0.4, -0.2) is 24.0 Å². The number of fused-ring (bicyclic) bond motifs is 1. The van der Waals surface area contributed by atoms with Crippen LogP contribution in [-0.2, 0) is 11.2 Å². The van der Waals surface area contributed by atoms with Gasteiger partial charge in [0.15, 0.2) is 0 Å². The summed E-state index contributed by atoms with van der Waals surface area (Å²) in [6.07, 6.45) is 1.73. The summed E-state index contributed by atoms with van der Waals surface area (Å²) in [4.78, 5) is 16.1. The highest BCUT2D eigenvalue weighted by molar-refractivity contribution is 5.84. The van der Waals surface area contributed by atoms with Gasteiger partial charge in [-0.05, 0) is 23.8 Å². The van der Waals surface area contributed by atoms with Crippen molar-refractivity contribution >= 4 is 16.8 Å². The second kappa shape index (κ2) is 7.55. The molecule has 1 heterocycles. The van der Waals surface area contributed by atoms with Crippen molar-refractivity contribution in [3.63, 3.8) is 0 Å². The minimum absolute atomic E-state index is 0.0164. The van der Waals surface area contributed by atoms with E-state index in [1.807, 2.05) is 30.3 Å². The number of pyridine rings is 1. The number of amides is 1. The van der Waals surface area contributed by atoms with Gasteiger partial charge in [-0.25, -0.2) is 4.39 Å². The Morgan fingerprint density at radius 2 is 1.92 bits per heavy atom. The molecule has 0 aliphatic heterocycles. The van der Waals surface area contributed by atoms with Gasteiger partial charge >= 0.3 is 0 Å². The minimum Gasteiger partial charge on any atom is -0.489 e. The van der Waals surface area contributed by atoms with Crippen molar-refractivity contribution in [1.82, 2.24) is 10.3 Å². The van der Waals surface area contributed by atoms with Crippen molar-refractivity contribution < 1.29 is 13.9 Å². The van der Waals surface area contributed by atoms with Gasteiger partial charge in [-0.15, -0.1) is 0 Å². The lowest BCUT2D eigenvalue weighted by Gasteiger charge is -2.10. The van der Waals surface area contributed by atoms with E-state index in [4.69, 9.17) is 4.74 Å². The molecule has 0 aliphatic rings. The third-order valence-corrected chi connectivity index (χ3v) is 3.59. The molecule has 4 nitrogen and oxygen atoms in total. The monoisotopic (exact) mass is 324 g/mol. The fourth-order valence-corrected chi connectivity index (χ4v) is 2.42. The van der Waals surface area contributed by atoms with Crippen molar-refractivity contribution in [3.8, 4) is 5.75 Å². The smallest absolute Gasteiger partial charge is 0.224 e. The van der Waals surface area contributed by atoms with E-state index in [0.29, 0.717) is 24.5 Å². The molecular weight excluding hydrogens is 307 g/mol. The third kappa shape index (κ3) is 3.87. The van der Waals surface area contributed by atoms with Gasteiger partial charge < -0.3 is 10.1 Å². The summed E-state index contributed by atoms with van der Waals surface area (Å²) >= 11 is 0. The fraction of sp³-hybridized carbons (Fsp3) is 0.158. The van der Waals surface area contributed by atoms with E-state index in [1.54, 1.807) is 24.4 Å². The quantitative estimate of drug-likeness (QED) is 0.709. The van der Waals surface area contributed by atoms with Crippen molar-refractivity contribution in [1.29, 1.82) is 0 Å². The molecule has 0 atom stereocenters. The number of hydrogen-bond acceptors (Lipinski definition) is 3. The van der Waals surface area contributed by atoms with Crippen LogP contribution in [0.15, 0.2) is 60.8 Å². The molecule has 0 saturated heterocycles. The van der Waals surface area contributed by atoms with Crippen LogP contribution in [0, 0.1) is 5.82 Å². The lowest BCUT2D eigenvalue weighted by Crippen LogP contribution is -2.29. The van der Waals surface area contributed by atoms with Crippen LogP contribution in [0.25, 0.3) is 10.9 Å². The third-order valence-electron chi connectivity index (χ3n) is 3.59. The van der Waals surface area contributed by atoms with Gasteiger partial charge in [0.1, 0.15) is 23.7 Å². The summed E-state index contributed by atoms with van der Waals surface area (Å²) in [5, 5.41) is 3.72. The maximum Gasteiger partial charge on any atom is 0.224 e. The molecule has 24 heavy (non-hydrogen) atoms. The molecule has 3 rings (SSSR count). The van der Waals surface area contributed by atoms with Crippen LogP contribution < -0.4 is 10.1 Å². The lowest BCUT2D eigenvalue weighted by molar-refractivity contribution is -0.120. The van der Waals surface area contributed by atoms with E-state index in [9.17, 15) is 9.18 Å². The number of carbonyl (C=O) groups excluding carboxylic acids is 1. The Bertz CT molecular complexity index is 846. The summed E-state index contributed by atoms with van der Waals surface area (Å²) in [5.41, 5.74) is 1.17. The van der Waals surface area contributed by atoms with Gasteiger partial charge in [0.05, 0.1) is 13.0 Å². The van der Waals surface area contributed by atoms with Crippen LogP contribution in [0.5, 0.6) is 5.75 Å². The molecule has 0 unspecified atom stereocenters. The van der Waals surface area contributed by atoms with E-state index in [1.165, 1.54) is 6.07 Å². The molecule has 0 saturated carbocycles. The number of halogens is 1. The molecule has 1 aromatic heterocycles. The Morgan fingerprint density at radius 3 is 2.79 bits per heavy atom. The van der Waals surface area contributed by atoms with Crippen LogP contribution in [0.3, 0.4) is 0 Å². The van der Waals surface area contributed by atoms with E-state index in [0.717, 1.165) is 10.9 Å². The van der Waals surface area contributed by atoms with Crippen molar-refractivity contribution in [3.05, 3.63) is 72.2 Å². The Balaban J connectivity index is 1.50. The largest absolute Gasteiger partial charge is 0.489 e. The topological polar surface area (TPSA) is 51.2 Å². The normalized spacial score (nSPS) is 10.5. The molecule has 5 heteroatoms. The molecule has 1 amide bonds. The zero-order chi connectivity index (χ0) is 16.8. The van der Waals surface area contributed by atoms with Crippen molar-refractivity contribution in [2.75, 3.05) is 13.2 Å². The predicted molar refractivity (Wildman–Crippen MR) is 90.4 cm³/mol.